The number of rotatable bonds is 8. The standard InChI is InChI=1S/C12H17ClN2O4/c1-18-8-9(19-2)6-14-7-10-11(13)4-3-5-12(10)15(16)17/h3-5,9,14H,6-8H2,1-2H3. The molecule has 1 unspecified atom stereocenters. The zero-order valence-electron chi connectivity index (χ0n) is 10.9. The van der Waals surface area contributed by atoms with Crippen molar-refractivity contribution in [1.82, 2.24) is 5.32 Å². The molecule has 7 heteroatoms. The highest BCUT2D eigenvalue weighted by molar-refractivity contribution is 6.31. The highest BCUT2D eigenvalue weighted by atomic mass is 35.5. The number of halogens is 1. The average molecular weight is 289 g/mol. The number of methoxy groups -OCH3 is 2. The van der Waals surface area contributed by atoms with Crippen LogP contribution in [0.25, 0.3) is 0 Å². The van der Waals surface area contributed by atoms with Crippen LogP contribution in [0, 0.1) is 10.1 Å². The lowest BCUT2D eigenvalue weighted by Gasteiger charge is -2.15. The van der Waals surface area contributed by atoms with Crippen LogP contribution in [0.4, 0.5) is 5.69 Å². The van der Waals surface area contributed by atoms with E-state index in [1.165, 1.54) is 6.07 Å². The first-order chi connectivity index (χ1) is 9.10. The number of benzene rings is 1. The van der Waals surface area contributed by atoms with Gasteiger partial charge in [0, 0.05) is 33.4 Å². The van der Waals surface area contributed by atoms with Gasteiger partial charge in [-0.3, -0.25) is 10.1 Å². The lowest BCUT2D eigenvalue weighted by molar-refractivity contribution is -0.385. The number of ether oxygens (including phenoxy) is 2. The van der Waals surface area contributed by atoms with E-state index in [2.05, 4.69) is 5.32 Å². The van der Waals surface area contributed by atoms with Crippen molar-refractivity contribution in [2.45, 2.75) is 12.6 Å². The summed E-state index contributed by atoms with van der Waals surface area (Å²) in [7, 11) is 3.17. The van der Waals surface area contributed by atoms with E-state index in [4.69, 9.17) is 21.1 Å². The molecule has 0 aromatic heterocycles. The Morgan fingerprint density at radius 3 is 2.79 bits per heavy atom. The fraction of sp³-hybridized carbons (Fsp3) is 0.500. The van der Waals surface area contributed by atoms with Crippen LogP contribution < -0.4 is 5.32 Å². The Morgan fingerprint density at radius 1 is 1.47 bits per heavy atom. The molecule has 19 heavy (non-hydrogen) atoms. The molecule has 0 bridgehead atoms. The number of nitro benzene ring substituents is 1. The number of hydrogen-bond acceptors (Lipinski definition) is 5. The van der Waals surface area contributed by atoms with E-state index in [0.29, 0.717) is 30.3 Å². The fourth-order valence-electron chi connectivity index (χ4n) is 1.65. The summed E-state index contributed by atoms with van der Waals surface area (Å²) in [5.74, 6) is 0. The summed E-state index contributed by atoms with van der Waals surface area (Å²) >= 11 is 5.98. The summed E-state index contributed by atoms with van der Waals surface area (Å²) in [5.41, 5.74) is 0.488. The van der Waals surface area contributed by atoms with Crippen LogP contribution in [-0.4, -0.2) is 38.4 Å². The van der Waals surface area contributed by atoms with Gasteiger partial charge in [0.15, 0.2) is 0 Å². The minimum absolute atomic E-state index is 0.0145. The molecule has 0 fully saturated rings. The van der Waals surface area contributed by atoms with Gasteiger partial charge in [-0.05, 0) is 6.07 Å². The van der Waals surface area contributed by atoms with Gasteiger partial charge in [-0.2, -0.15) is 0 Å². The Hall–Kier alpha value is -1.21. The maximum atomic E-state index is 10.9. The summed E-state index contributed by atoms with van der Waals surface area (Å²) in [6, 6.07) is 4.63. The summed E-state index contributed by atoms with van der Waals surface area (Å²) in [6.07, 6.45) is -0.105. The van der Waals surface area contributed by atoms with E-state index in [1.54, 1.807) is 26.4 Å². The van der Waals surface area contributed by atoms with Crippen molar-refractivity contribution >= 4 is 17.3 Å². The monoisotopic (exact) mass is 288 g/mol. The van der Waals surface area contributed by atoms with Crippen molar-refractivity contribution in [3.8, 4) is 0 Å². The van der Waals surface area contributed by atoms with Gasteiger partial charge in [-0.25, -0.2) is 0 Å². The van der Waals surface area contributed by atoms with E-state index in [-0.39, 0.29) is 11.8 Å². The topological polar surface area (TPSA) is 73.6 Å². The molecule has 0 aliphatic rings. The van der Waals surface area contributed by atoms with Crippen molar-refractivity contribution in [1.29, 1.82) is 0 Å². The Kier molecular flexibility index (Phi) is 6.72. The molecule has 1 rings (SSSR count). The number of hydrogen-bond donors (Lipinski definition) is 1. The predicted molar refractivity (Wildman–Crippen MR) is 72.5 cm³/mol. The molecule has 6 nitrogen and oxygen atoms in total. The van der Waals surface area contributed by atoms with Crippen molar-refractivity contribution in [2.75, 3.05) is 27.4 Å². The second-order valence-corrected chi connectivity index (χ2v) is 4.35. The van der Waals surface area contributed by atoms with Crippen LogP contribution in [0.2, 0.25) is 5.02 Å². The minimum Gasteiger partial charge on any atom is -0.382 e. The highest BCUT2D eigenvalue weighted by Gasteiger charge is 2.16. The lowest BCUT2D eigenvalue weighted by Crippen LogP contribution is -2.31. The van der Waals surface area contributed by atoms with Gasteiger partial charge in [-0.1, -0.05) is 17.7 Å². The molecular weight excluding hydrogens is 272 g/mol. The van der Waals surface area contributed by atoms with Crippen LogP contribution in [0.3, 0.4) is 0 Å². The largest absolute Gasteiger partial charge is 0.382 e. The maximum Gasteiger partial charge on any atom is 0.275 e. The summed E-state index contributed by atoms with van der Waals surface area (Å²) in [6.45, 7) is 1.28. The van der Waals surface area contributed by atoms with Crippen LogP contribution in [-0.2, 0) is 16.0 Å². The van der Waals surface area contributed by atoms with Crippen molar-refractivity contribution < 1.29 is 14.4 Å². The molecule has 1 N–H and O–H groups in total. The first-order valence-electron chi connectivity index (χ1n) is 5.74. The molecule has 0 heterocycles. The smallest absolute Gasteiger partial charge is 0.275 e. The van der Waals surface area contributed by atoms with Crippen LogP contribution in [0.15, 0.2) is 18.2 Å². The number of nitrogens with one attached hydrogen (secondary N) is 1. The number of nitrogens with zero attached hydrogens (tertiary/aromatic N) is 1. The quantitative estimate of drug-likeness (QED) is 0.585. The van der Waals surface area contributed by atoms with Gasteiger partial charge in [0.2, 0.25) is 0 Å². The SMILES string of the molecule is COCC(CNCc1c(Cl)cccc1[N+](=O)[O-])OC. The number of nitro groups is 1. The Balaban J connectivity index is 2.64. The second-order valence-electron chi connectivity index (χ2n) is 3.94. The van der Waals surface area contributed by atoms with Crippen molar-refractivity contribution in [3.05, 3.63) is 38.9 Å². The summed E-state index contributed by atoms with van der Waals surface area (Å²) in [4.78, 5) is 10.5. The third-order valence-corrected chi connectivity index (χ3v) is 3.00. The molecular formula is C12H17ClN2O4. The highest BCUT2D eigenvalue weighted by Crippen LogP contribution is 2.25. The zero-order chi connectivity index (χ0) is 14.3. The Bertz CT molecular complexity index is 428. The van der Waals surface area contributed by atoms with Gasteiger partial charge in [0.25, 0.3) is 5.69 Å². The van der Waals surface area contributed by atoms with Crippen LogP contribution >= 0.6 is 11.6 Å². The van der Waals surface area contributed by atoms with E-state index in [0.717, 1.165) is 0 Å². The van der Waals surface area contributed by atoms with Gasteiger partial charge in [-0.15, -0.1) is 0 Å². The fourth-order valence-corrected chi connectivity index (χ4v) is 1.88. The third-order valence-electron chi connectivity index (χ3n) is 2.65. The normalized spacial score (nSPS) is 12.4. The zero-order valence-corrected chi connectivity index (χ0v) is 11.6. The molecule has 0 radical (unpaired) electrons. The Morgan fingerprint density at radius 2 is 2.21 bits per heavy atom. The van der Waals surface area contributed by atoms with E-state index in [1.807, 2.05) is 0 Å². The van der Waals surface area contributed by atoms with E-state index < -0.39 is 4.92 Å². The molecule has 0 spiro atoms. The molecule has 0 aliphatic heterocycles. The lowest BCUT2D eigenvalue weighted by atomic mass is 10.1. The second kappa shape index (κ2) is 8.06. The van der Waals surface area contributed by atoms with Crippen LogP contribution in [0.5, 0.6) is 0 Å². The van der Waals surface area contributed by atoms with Gasteiger partial charge in [0.1, 0.15) is 0 Å². The molecule has 0 aliphatic carbocycles. The molecule has 1 aromatic carbocycles. The predicted octanol–water partition coefficient (Wildman–Crippen LogP) is 2.00. The van der Waals surface area contributed by atoms with Crippen molar-refractivity contribution in [2.24, 2.45) is 0 Å². The Labute approximate surface area is 116 Å². The van der Waals surface area contributed by atoms with E-state index >= 15 is 0 Å². The van der Waals surface area contributed by atoms with Gasteiger partial charge >= 0.3 is 0 Å². The van der Waals surface area contributed by atoms with E-state index in [9.17, 15) is 10.1 Å². The van der Waals surface area contributed by atoms with Crippen molar-refractivity contribution in [3.63, 3.8) is 0 Å². The first-order valence-corrected chi connectivity index (χ1v) is 6.12. The molecule has 0 saturated heterocycles. The molecule has 1 aromatic rings. The molecule has 0 saturated carbocycles. The maximum absolute atomic E-state index is 10.9. The summed E-state index contributed by atoms with van der Waals surface area (Å²) in [5, 5.41) is 14.4. The third kappa shape index (κ3) is 4.76. The molecule has 0 amide bonds. The summed E-state index contributed by atoms with van der Waals surface area (Å²) < 4.78 is 10.2. The molecule has 1 atom stereocenters. The van der Waals surface area contributed by atoms with Crippen LogP contribution in [0.1, 0.15) is 5.56 Å². The minimum atomic E-state index is -0.439. The molecule has 106 valence electrons. The average Bonchev–Trinajstić information content (AvgIpc) is 2.39. The van der Waals surface area contributed by atoms with Gasteiger partial charge < -0.3 is 14.8 Å². The first kappa shape index (κ1) is 15.8. The van der Waals surface area contributed by atoms with Gasteiger partial charge in [0.05, 0.1) is 28.2 Å².